The summed E-state index contributed by atoms with van der Waals surface area (Å²) >= 11 is 5.89. The normalized spacial score (nSPS) is 26.2. The van der Waals surface area contributed by atoms with Crippen molar-refractivity contribution in [1.29, 1.82) is 0 Å². The molecule has 2 rings (SSSR count). The van der Waals surface area contributed by atoms with Crippen molar-refractivity contribution in [2.45, 2.75) is 31.6 Å². The van der Waals surface area contributed by atoms with Gasteiger partial charge < -0.3 is 0 Å². The maximum atomic E-state index is 5.89. The molecule has 0 aromatic heterocycles. The van der Waals surface area contributed by atoms with Crippen molar-refractivity contribution in [1.82, 2.24) is 0 Å². The van der Waals surface area contributed by atoms with Crippen LogP contribution >= 0.6 is 11.6 Å². The minimum absolute atomic E-state index is 0.707. The van der Waals surface area contributed by atoms with Crippen LogP contribution in [0.2, 0.25) is 5.02 Å². The molecule has 1 aliphatic rings. The van der Waals surface area contributed by atoms with Crippen LogP contribution in [0.4, 0.5) is 0 Å². The van der Waals surface area contributed by atoms with Gasteiger partial charge in [0.1, 0.15) is 0 Å². The first-order valence-electron chi connectivity index (χ1n) is 5.67. The van der Waals surface area contributed by atoms with Crippen molar-refractivity contribution >= 4 is 11.6 Å². The lowest BCUT2D eigenvalue weighted by atomic mass is 9.78. The minimum atomic E-state index is 0.707. The molecule has 0 amide bonds. The summed E-state index contributed by atoms with van der Waals surface area (Å²) in [6.07, 6.45) is 7.32. The van der Waals surface area contributed by atoms with Crippen molar-refractivity contribution in [3.05, 3.63) is 47.5 Å². The molecule has 0 nitrogen and oxygen atoms in total. The van der Waals surface area contributed by atoms with Gasteiger partial charge in [0.15, 0.2) is 0 Å². The van der Waals surface area contributed by atoms with Gasteiger partial charge in [0.05, 0.1) is 0 Å². The molecule has 1 fully saturated rings. The molecule has 2 atom stereocenters. The number of hydrogen-bond donors (Lipinski definition) is 0. The third kappa shape index (κ3) is 2.63. The SMILES string of the molecule is C=CC1CCCC(c2ccc(Cl)cc2)C1. The second-order valence-corrected chi connectivity index (χ2v) is 4.85. The zero-order valence-electron chi connectivity index (χ0n) is 8.95. The molecule has 1 saturated carbocycles. The van der Waals surface area contributed by atoms with E-state index in [-0.39, 0.29) is 0 Å². The molecule has 0 N–H and O–H groups in total. The van der Waals surface area contributed by atoms with Gasteiger partial charge in [-0.2, -0.15) is 0 Å². The topological polar surface area (TPSA) is 0 Å². The fourth-order valence-electron chi connectivity index (χ4n) is 2.48. The molecular formula is C14H17Cl. The largest absolute Gasteiger partial charge is 0.103 e. The predicted octanol–water partition coefficient (Wildman–Crippen LogP) is 4.80. The zero-order chi connectivity index (χ0) is 10.7. The fraction of sp³-hybridized carbons (Fsp3) is 0.429. The molecule has 0 radical (unpaired) electrons. The summed E-state index contributed by atoms with van der Waals surface area (Å²) in [4.78, 5) is 0. The van der Waals surface area contributed by atoms with E-state index in [4.69, 9.17) is 11.6 Å². The Kier molecular flexibility index (Phi) is 3.48. The van der Waals surface area contributed by atoms with E-state index in [9.17, 15) is 0 Å². The van der Waals surface area contributed by atoms with Gasteiger partial charge >= 0.3 is 0 Å². The minimum Gasteiger partial charge on any atom is -0.103 e. The Morgan fingerprint density at radius 1 is 1.20 bits per heavy atom. The molecule has 0 bridgehead atoms. The van der Waals surface area contributed by atoms with Gasteiger partial charge in [-0.15, -0.1) is 6.58 Å². The molecule has 0 spiro atoms. The lowest BCUT2D eigenvalue weighted by Crippen LogP contribution is -2.12. The van der Waals surface area contributed by atoms with Crippen molar-refractivity contribution in [3.8, 4) is 0 Å². The Balaban J connectivity index is 2.09. The maximum Gasteiger partial charge on any atom is 0.0406 e. The lowest BCUT2D eigenvalue weighted by molar-refractivity contribution is 0.373. The summed E-state index contributed by atoms with van der Waals surface area (Å²) in [6.45, 7) is 3.91. The Morgan fingerprint density at radius 3 is 2.60 bits per heavy atom. The van der Waals surface area contributed by atoms with Gasteiger partial charge in [0, 0.05) is 5.02 Å². The van der Waals surface area contributed by atoms with Crippen molar-refractivity contribution in [2.75, 3.05) is 0 Å². The summed E-state index contributed by atoms with van der Waals surface area (Å²) in [5.41, 5.74) is 1.44. The monoisotopic (exact) mass is 220 g/mol. The van der Waals surface area contributed by atoms with E-state index in [1.54, 1.807) is 0 Å². The van der Waals surface area contributed by atoms with Crippen molar-refractivity contribution < 1.29 is 0 Å². The van der Waals surface area contributed by atoms with Gasteiger partial charge in [-0.1, -0.05) is 36.2 Å². The maximum absolute atomic E-state index is 5.89. The molecule has 15 heavy (non-hydrogen) atoms. The molecule has 80 valence electrons. The van der Waals surface area contributed by atoms with Crippen LogP contribution in [0.5, 0.6) is 0 Å². The third-order valence-electron chi connectivity index (χ3n) is 3.39. The Bertz CT molecular complexity index is 326. The van der Waals surface area contributed by atoms with Gasteiger partial charge in [-0.3, -0.25) is 0 Å². The van der Waals surface area contributed by atoms with Crippen LogP contribution in [0, 0.1) is 5.92 Å². The molecule has 1 aromatic rings. The number of rotatable bonds is 2. The highest BCUT2D eigenvalue weighted by atomic mass is 35.5. The number of hydrogen-bond acceptors (Lipinski definition) is 0. The van der Waals surface area contributed by atoms with Gasteiger partial charge in [-0.25, -0.2) is 0 Å². The molecule has 1 heteroatoms. The molecular weight excluding hydrogens is 204 g/mol. The molecule has 1 aliphatic carbocycles. The highest BCUT2D eigenvalue weighted by molar-refractivity contribution is 6.30. The van der Waals surface area contributed by atoms with Crippen LogP contribution in [-0.2, 0) is 0 Å². The average molecular weight is 221 g/mol. The standard InChI is InChI=1S/C14H17Cl/c1-2-11-4-3-5-13(10-11)12-6-8-14(15)9-7-12/h2,6-9,11,13H,1,3-5,10H2. The first kappa shape index (κ1) is 10.8. The summed E-state index contributed by atoms with van der Waals surface area (Å²) in [5, 5.41) is 0.829. The molecule has 0 heterocycles. The Hall–Kier alpha value is -0.750. The van der Waals surface area contributed by atoms with Crippen LogP contribution in [-0.4, -0.2) is 0 Å². The second-order valence-electron chi connectivity index (χ2n) is 4.41. The first-order chi connectivity index (χ1) is 7.29. The zero-order valence-corrected chi connectivity index (χ0v) is 9.71. The predicted molar refractivity (Wildman–Crippen MR) is 66.3 cm³/mol. The lowest BCUT2D eigenvalue weighted by Gasteiger charge is -2.27. The number of allylic oxidation sites excluding steroid dienone is 1. The second kappa shape index (κ2) is 4.85. The van der Waals surface area contributed by atoms with E-state index in [0.717, 1.165) is 5.02 Å². The van der Waals surface area contributed by atoms with Gasteiger partial charge in [-0.05, 0) is 48.8 Å². The Morgan fingerprint density at radius 2 is 1.93 bits per heavy atom. The van der Waals surface area contributed by atoms with Crippen LogP contribution < -0.4 is 0 Å². The van der Waals surface area contributed by atoms with Crippen molar-refractivity contribution in [3.63, 3.8) is 0 Å². The number of halogens is 1. The van der Waals surface area contributed by atoms with E-state index in [1.807, 2.05) is 12.1 Å². The van der Waals surface area contributed by atoms with E-state index in [0.29, 0.717) is 11.8 Å². The van der Waals surface area contributed by atoms with E-state index in [2.05, 4.69) is 24.8 Å². The van der Waals surface area contributed by atoms with Crippen LogP contribution in [0.25, 0.3) is 0 Å². The summed E-state index contributed by atoms with van der Waals surface area (Å²) < 4.78 is 0. The molecule has 0 saturated heterocycles. The Labute approximate surface area is 97.0 Å². The third-order valence-corrected chi connectivity index (χ3v) is 3.64. The van der Waals surface area contributed by atoms with E-state index in [1.165, 1.54) is 31.2 Å². The van der Waals surface area contributed by atoms with E-state index < -0.39 is 0 Å². The van der Waals surface area contributed by atoms with Crippen molar-refractivity contribution in [2.24, 2.45) is 5.92 Å². The fourth-order valence-corrected chi connectivity index (χ4v) is 2.61. The van der Waals surface area contributed by atoms with E-state index >= 15 is 0 Å². The van der Waals surface area contributed by atoms with Crippen LogP contribution in [0.1, 0.15) is 37.2 Å². The molecule has 1 aromatic carbocycles. The highest BCUT2D eigenvalue weighted by Crippen LogP contribution is 2.36. The quantitative estimate of drug-likeness (QED) is 0.628. The molecule has 2 unspecified atom stereocenters. The summed E-state index contributed by atoms with van der Waals surface area (Å²) in [6, 6.07) is 8.32. The summed E-state index contributed by atoms with van der Waals surface area (Å²) in [5.74, 6) is 1.42. The average Bonchev–Trinajstić information content (AvgIpc) is 2.30. The number of benzene rings is 1. The highest BCUT2D eigenvalue weighted by Gasteiger charge is 2.20. The first-order valence-corrected chi connectivity index (χ1v) is 6.05. The van der Waals surface area contributed by atoms with Crippen LogP contribution in [0.3, 0.4) is 0 Å². The van der Waals surface area contributed by atoms with Gasteiger partial charge in [0.2, 0.25) is 0 Å². The molecule has 0 aliphatic heterocycles. The van der Waals surface area contributed by atoms with Crippen LogP contribution in [0.15, 0.2) is 36.9 Å². The van der Waals surface area contributed by atoms with Gasteiger partial charge in [0.25, 0.3) is 0 Å². The smallest absolute Gasteiger partial charge is 0.0406 e. The summed E-state index contributed by atoms with van der Waals surface area (Å²) in [7, 11) is 0.